The zero-order valence-corrected chi connectivity index (χ0v) is 27.8. The average molecular weight is 625 g/mol. The summed E-state index contributed by atoms with van der Waals surface area (Å²) in [5, 5.41) is 5.58. The highest BCUT2D eigenvalue weighted by Crippen LogP contribution is 2.39. The molecule has 0 saturated heterocycles. The zero-order chi connectivity index (χ0) is 31.6. The van der Waals surface area contributed by atoms with Crippen LogP contribution in [0.3, 0.4) is 0 Å². The van der Waals surface area contributed by atoms with Crippen molar-refractivity contribution in [1.29, 1.82) is 0 Å². The summed E-state index contributed by atoms with van der Waals surface area (Å²) in [7, 11) is 1.74. The lowest BCUT2D eigenvalue weighted by atomic mass is 9.78. The van der Waals surface area contributed by atoms with E-state index in [0.29, 0.717) is 17.9 Å². The van der Waals surface area contributed by atoms with Gasteiger partial charge >= 0.3 is 0 Å². The van der Waals surface area contributed by atoms with Gasteiger partial charge in [-0.05, 0) is 136 Å². The first-order valence-corrected chi connectivity index (χ1v) is 18.0. The SMILES string of the molecule is COc1ccc(C2CCC(CN(C(=O)C3CCC(NC(=O)C4CCC4)CC3)c3cccc(C4=CN(C5CC5)NC4)c3)CC2)cc1C. The molecular formula is C39H52N4O3. The normalized spacial score (nSPS) is 26.7. The van der Waals surface area contributed by atoms with Gasteiger partial charge in [-0.25, -0.2) is 5.43 Å². The van der Waals surface area contributed by atoms with Crippen LogP contribution in [0, 0.1) is 24.7 Å². The Hall–Kier alpha value is -3.32. The Labute approximate surface area is 275 Å². The Morgan fingerprint density at radius 3 is 2.37 bits per heavy atom. The van der Waals surface area contributed by atoms with Crippen LogP contribution in [0.1, 0.15) is 106 Å². The predicted molar refractivity (Wildman–Crippen MR) is 183 cm³/mol. The molecule has 2 N–H and O–H groups in total. The number of nitrogens with zero attached hydrogens (tertiary/aromatic N) is 2. The van der Waals surface area contributed by atoms with Gasteiger partial charge in [0.25, 0.3) is 0 Å². The van der Waals surface area contributed by atoms with E-state index in [1.165, 1.54) is 41.5 Å². The number of hydrazine groups is 1. The van der Waals surface area contributed by atoms with Gasteiger partial charge in [0.05, 0.1) is 7.11 Å². The Bertz CT molecular complexity index is 1430. The number of ether oxygens (including phenoxy) is 1. The smallest absolute Gasteiger partial charge is 0.230 e. The molecule has 0 atom stereocenters. The molecule has 7 rings (SSSR count). The molecule has 4 fully saturated rings. The number of amides is 2. The minimum absolute atomic E-state index is 0.0110. The number of rotatable bonds is 10. The predicted octanol–water partition coefficient (Wildman–Crippen LogP) is 7.11. The van der Waals surface area contributed by atoms with Crippen LogP contribution >= 0.6 is 0 Å². The Morgan fingerprint density at radius 1 is 0.913 bits per heavy atom. The Kier molecular flexibility index (Phi) is 9.39. The van der Waals surface area contributed by atoms with Crippen LogP contribution < -0.4 is 20.4 Å². The molecule has 5 aliphatic rings. The number of aryl methyl sites for hydroxylation is 1. The second kappa shape index (κ2) is 13.8. The van der Waals surface area contributed by atoms with Gasteiger partial charge in [-0.2, -0.15) is 0 Å². The molecule has 0 spiro atoms. The Balaban J connectivity index is 1.04. The first-order valence-electron chi connectivity index (χ1n) is 18.0. The van der Waals surface area contributed by atoms with Gasteiger partial charge in [0.1, 0.15) is 5.75 Å². The molecule has 0 radical (unpaired) electrons. The van der Waals surface area contributed by atoms with Crippen LogP contribution in [0.15, 0.2) is 48.7 Å². The fourth-order valence-corrected chi connectivity index (χ4v) is 8.18. The van der Waals surface area contributed by atoms with Crippen molar-refractivity contribution in [3.05, 3.63) is 65.4 Å². The van der Waals surface area contributed by atoms with Crippen LogP contribution in [0.5, 0.6) is 5.75 Å². The number of hydrogen-bond acceptors (Lipinski definition) is 5. The summed E-state index contributed by atoms with van der Waals surface area (Å²) in [6, 6.07) is 16.2. The first-order chi connectivity index (χ1) is 22.4. The maximum atomic E-state index is 14.4. The monoisotopic (exact) mass is 624 g/mol. The van der Waals surface area contributed by atoms with E-state index in [1.54, 1.807) is 7.11 Å². The summed E-state index contributed by atoms with van der Waals surface area (Å²) in [4.78, 5) is 29.1. The molecule has 2 aromatic carbocycles. The minimum atomic E-state index is 0.0110. The quantitative estimate of drug-likeness (QED) is 0.295. The summed E-state index contributed by atoms with van der Waals surface area (Å²) in [6.45, 7) is 3.74. The summed E-state index contributed by atoms with van der Waals surface area (Å²) in [6.07, 6.45) is 16.1. The molecule has 246 valence electrons. The van der Waals surface area contributed by atoms with Gasteiger partial charge in [-0.15, -0.1) is 0 Å². The van der Waals surface area contributed by atoms with Gasteiger partial charge in [0.15, 0.2) is 0 Å². The third kappa shape index (κ3) is 7.00. The molecule has 0 unspecified atom stereocenters. The lowest BCUT2D eigenvalue weighted by Gasteiger charge is -2.37. The molecular weight excluding hydrogens is 572 g/mol. The molecule has 0 aromatic heterocycles. The third-order valence-electron chi connectivity index (χ3n) is 11.6. The van der Waals surface area contributed by atoms with Gasteiger partial charge in [0.2, 0.25) is 11.8 Å². The van der Waals surface area contributed by atoms with Crippen molar-refractivity contribution in [3.8, 4) is 5.75 Å². The highest BCUT2D eigenvalue weighted by molar-refractivity contribution is 5.95. The number of anilines is 1. The van der Waals surface area contributed by atoms with Crippen molar-refractivity contribution in [3.63, 3.8) is 0 Å². The van der Waals surface area contributed by atoms with E-state index in [1.807, 2.05) is 0 Å². The first kappa shape index (κ1) is 31.3. The third-order valence-corrected chi connectivity index (χ3v) is 11.6. The Morgan fingerprint density at radius 2 is 1.70 bits per heavy atom. The highest BCUT2D eigenvalue weighted by Gasteiger charge is 2.35. The molecule has 46 heavy (non-hydrogen) atoms. The average Bonchev–Trinajstić information content (AvgIpc) is 3.79. The van der Waals surface area contributed by atoms with E-state index in [-0.39, 0.29) is 29.7 Å². The summed E-state index contributed by atoms with van der Waals surface area (Å²) in [5.41, 5.74) is 9.67. The van der Waals surface area contributed by atoms with E-state index in [4.69, 9.17) is 4.74 Å². The number of hydrogen-bond donors (Lipinski definition) is 2. The second-order valence-electron chi connectivity index (χ2n) is 14.8. The molecule has 2 amide bonds. The van der Waals surface area contributed by atoms with Crippen molar-refractivity contribution >= 4 is 23.1 Å². The van der Waals surface area contributed by atoms with Crippen LogP contribution in [0.25, 0.3) is 5.57 Å². The largest absolute Gasteiger partial charge is 0.496 e. The van der Waals surface area contributed by atoms with Gasteiger partial charge in [0, 0.05) is 48.9 Å². The van der Waals surface area contributed by atoms with Crippen molar-refractivity contribution in [1.82, 2.24) is 15.8 Å². The maximum Gasteiger partial charge on any atom is 0.230 e. The molecule has 7 nitrogen and oxygen atoms in total. The fourth-order valence-electron chi connectivity index (χ4n) is 8.18. The number of carbonyl (C=O) groups excluding carboxylic acids is 2. The molecule has 7 heteroatoms. The van der Waals surface area contributed by atoms with Crippen LogP contribution in [-0.4, -0.2) is 49.1 Å². The summed E-state index contributed by atoms with van der Waals surface area (Å²) in [5.74, 6) is 2.73. The lowest BCUT2D eigenvalue weighted by molar-refractivity contribution is -0.128. The van der Waals surface area contributed by atoms with E-state index in [9.17, 15) is 9.59 Å². The minimum Gasteiger partial charge on any atom is -0.496 e. The van der Waals surface area contributed by atoms with Crippen molar-refractivity contribution in [2.24, 2.45) is 17.8 Å². The molecule has 4 aliphatic carbocycles. The number of carbonyl (C=O) groups is 2. The van der Waals surface area contributed by atoms with Crippen LogP contribution in [-0.2, 0) is 9.59 Å². The highest BCUT2D eigenvalue weighted by atomic mass is 16.5. The zero-order valence-electron chi connectivity index (χ0n) is 27.8. The van der Waals surface area contributed by atoms with Crippen molar-refractivity contribution in [2.45, 2.75) is 108 Å². The number of benzene rings is 2. The van der Waals surface area contributed by atoms with E-state index in [2.05, 4.69) is 76.2 Å². The number of nitrogens with one attached hydrogen (secondary N) is 2. The molecule has 2 aromatic rings. The van der Waals surface area contributed by atoms with E-state index >= 15 is 0 Å². The van der Waals surface area contributed by atoms with Crippen LogP contribution in [0.2, 0.25) is 0 Å². The van der Waals surface area contributed by atoms with Crippen LogP contribution in [0.4, 0.5) is 5.69 Å². The maximum absolute atomic E-state index is 14.4. The van der Waals surface area contributed by atoms with E-state index < -0.39 is 0 Å². The van der Waals surface area contributed by atoms with E-state index in [0.717, 1.165) is 88.7 Å². The number of methoxy groups -OCH3 is 1. The molecule has 4 saturated carbocycles. The molecule has 0 bridgehead atoms. The molecule has 1 heterocycles. The van der Waals surface area contributed by atoms with Crippen molar-refractivity contribution in [2.75, 3.05) is 25.1 Å². The van der Waals surface area contributed by atoms with Crippen molar-refractivity contribution < 1.29 is 14.3 Å². The fraction of sp³-hybridized carbons (Fsp3) is 0.590. The summed E-state index contributed by atoms with van der Waals surface area (Å²) < 4.78 is 5.50. The standard InChI is InChI=1S/C39H52N4O3/c1-26-21-32(15-20-37(26)46-2)28-11-9-27(10-12-28)24-42(36-8-4-7-31(22-36)33-23-40-43(25-33)35-18-19-35)39(45)30-13-16-34(17-14-30)41-38(44)29-5-3-6-29/h4,7-8,15,20-22,25,27-30,34-35,40H,3,5-6,9-14,16-19,23-24H2,1-2H3,(H,41,44). The lowest BCUT2D eigenvalue weighted by Crippen LogP contribution is -2.45. The van der Waals surface area contributed by atoms with Gasteiger partial charge < -0.3 is 20.0 Å². The molecule has 1 aliphatic heterocycles. The second-order valence-corrected chi connectivity index (χ2v) is 14.8. The van der Waals surface area contributed by atoms with Gasteiger partial charge in [-0.1, -0.05) is 30.7 Å². The topological polar surface area (TPSA) is 73.9 Å². The van der Waals surface area contributed by atoms with Gasteiger partial charge in [-0.3, -0.25) is 9.59 Å². The summed E-state index contributed by atoms with van der Waals surface area (Å²) >= 11 is 0.